The lowest BCUT2D eigenvalue weighted by molar-refractivity contribution is 0.0592. The molecular weight excluding hydrogens is 420 g/mol. The standard InChI is InChI=1S/C23H23ClN2O5/c1-3-5-19-25-18(21(26-19)23(29)30-2)12-14-8-10-16(11-9-14)31-13-15-6-4-7-17(20(15)24)22(27)28/h4,6-11H,3,5,12-13H2,1-2H3,(H,25,26)(H,27,28). The van der Waals surface area contributed by atoms with E-state index in [1.807, 2.05) is 31.2 Å². The van der Waals surface area contributed by atoms with Crippen molar-refractivity contribution in [2.24, 2.45) is 0 Å². The Morgan fingerprint density at radius 3 is 2.55 bits per heavy atom. The molecule has 0 unspecified atom stereocenters. The number of rotatable bonds is 9. The molecule has 0 saturated carbocycles. The van der Waals surface area contributed by atoms with Gasteiger partial charge in [-0.25, -0.2) is 14.6 Å². The van der Waals surface area contributed by atoms with Crippen LogP contribution in [0.25, 0.3) is 0 Å². The van der Waals surface area contributed by atoms with Crippen molar-refractivity contribution >= 4 is 23.5 Å². The van der Waals surface area contributed by atoms with Gasteiger partial charge in [-0.3, -0.25) is 0 Å². The Bertz CT molecular complexity index is 1080. The molecule has 2 aromatic carbocycles. The molecule has 0 bridgehead atoms. The second kappa shape index (κ2) is 10.1. The second-order valence-corrected chi connectivity index (χ2v) is 7.32. The fourth-order valence-electron chi connectivity index (χ4n) is 3.13. The lowest BCUT2D eigenvalue weighted by Gasteiger charge is -2.10. The minimum Gasteiger partial charge on any atom is -0.489 e. The molecule has 31 heavy (non-hydrogen) atoms. The Morgan fingerprint density at radius 2 is 1.90 bits per heavy atom. The number of methoxy groups -OCH3 is 1. The lowest BCUT2D eigenvalue weighted by atomic mass is 10.1. The highest BCUT2D eigenvalue weighted by molar-refractivity contribution is 6.34. The number of H-pyrrole nitrogens is 1. The average Bonchev–Trinajstić information content (AvgIpc) is 3.15. The van der Waals surface area contributed by atoms with Gasteiger partial charge in [-0.15, -0.1) is 0 Å². The summed E-state index contributed by atoms with van der Waals surface area (Å²) in [7, 11) is 1.34. The average molecular weight is 443 g/mol. The number of aromatic carboxylic acids is 1. The van der Waals surface area contributed by atoms with Crippen LogP contribution in [0.1, 0.15) is 56.8 Å². The molecule has 0 amide bonds. The normalized spacial score (nSPS) is 10.7. The number of aryl methyl sites for hydroxylation is 1. The fraction of sp³-hybridized carbons (Fsp3) is 0.261. The van der Waals surface area contributed by atoms with E-state index in [2.05, 4.69) is 9.97 Å². The van der Waals surface area contributed by atoms with E-state index in [1.165, 1.54) is 13.2 Å². The molecule has 0 aliphatic rings. The first-order valence-electron chi connectivity index (χ1n) is 9.81. The minimum atomic E-state index is -1.08. The first-order chi connectivity index (χ1) is 14.9. The molecule has 0 saturated heterocycles. The van der Waals surface area contributed by atoms with Gasteiger partial charge in [0.15, 0.2) is 0 Å². The molecule has 0 atom stereocenters. The number of aromatic nitrogens is 2. The first kappa shape index (κ1) is 22.4. The zero-order chi connectivity index (χ0) is 22.4. The van der Waals surface area contributed by atoms with Gasteiger partial charge in [-0.1, -0.05) is 42.8 Å². The minimum absolute atomic E-state index is 0.0426. The summed E-state index contributed by atoms with van der Waals surface area (Å²) in [5, 5.41) is 9.34. The van der Waals surface area contributed by atoms with E-state index in [0.29, 0.717) is 29.1 Å². The second-order valence-electron chi connectivity index (χ2n) is 6.94. The Kier molecular flexibility index (Phi) is 7.31. The van der Waals surface area contributed by atoms with E-state index in [0.717, 1.165) is 24.2 Å². The van der Waals surface area contributed by atoms with Gasteiger partial charge in [0.1, 0.15) is 23.9 Å². The van der Waals surface area contributed by atoms with Gasteiger partial charge in [0.25, 0.3) is 0 Å². The van der Waals surface area contributed by atoms with Crippen molar-refractivity contribution in [1.82, 2.24) is 9.97 Å². The van der Waals surface area contributed by atoms with E-state index >= 15 is 0 Å². The summed E-state index contributed by atoms with van der Waals surface area (Å²) in [5.74, 6) is -0.144. The van der Waals surface area contributed by atoms with Crippen LogP contribution in [0, 0.1) is 0 Å². The summed E-state index contributed by atoms with van der Waals surface area (Å²) in [6.07, 6.45) is 2.14. The van der Waals surface area contributed by atoms with Gasteiger partial charge in [-0.2, -0.15) is 0 Å². The van der Waals surface area contributed by atoms with Crippen LogP contribution >= 0.6 is 11.6 Å². The number of nitrogens with zero attached hydrogens (tertiary/aromatic N) is 1. The van der Waals surface area contributed by atoms with E-state index in [1.54, 1.807) is 12.1 Å². The Morgan fingerprint density at radius 1 is 1.16 bits per heavy atom. The molecule has 1 aromatic heterocycles. The summed E-state index contributed by atoms with van der Waals surface area (Å²) in [4.78, 5) is 30.8. The van der Waals surface area contributed by atoms with Crippen molar-refractivity contribution in [3.05, 3.63) is 81.4 Å². The van der Waals surface area contributed by atoms with Gasteiger partial charge >= 0.3 is 11.9 Å². The van der Waals surface area contributed by atoms with Gasteiger partial charge in [0.05, 0.1) is 23.4 Å². The van der Waals surface area contributed by atoms with Crippen molar-refractivity contribution in [2.45, 2.75) is 32.8 Å². The summed E-state index contributed by atoms with van der Waals surface area (Å²) in [5.41, 5.74) is 2.60. The molecule has 2 N–H and O–H groups in total. The number of aromatic amines is 1. The predicted octanol–water partition coefficient (Wildman–Crippen LogP) is 4.67. The number of carbonyl (C=O) groups is 2. The van der Waals surface area contributed by atoms with Crippen LogP contribution in [-0.4, -0.2) is 34.1 Å². The number of nitrogens with one attached hydrogen (secondary N) is 1. The molecule has 8 heteroatoms. The van der Waals surface area contributed by atoms with Crippen molar-refractivity contribution in [2.75, 3.05) is 7.11 Å². The molecule has 0 aliphatic heterocycles. The van der Waals surface area contributed by atoms with Crippen LogP contribution < -0.4 is 4.74 Å². The highest BCUT2D eigenvalue weighted by Crippen LogP contribution is 2.24. The first-order valence-corrected chi connectivity index (χ1v) is 10.2. The van der Waals surface area contributed by atoms with Crippen LogP contribution in [0.3, 0.4) is 0 Å². The van der Waals surface area contributed by atoms with Crippen LogP contribution in [0.4, 0.5) is 0 Å². The molecule has 7 nitrogen and oxygen atoms in total. The van der Waals surface area contributed by atoms with E-state index in [-0.39, 0.29) is 17.2 Å². The van der Waals surface area contributed by atoms with Crippen LogP contribution in [0.5, 0.6) is 5.75 Å². The van der Waals surface area contributed by atoms with Crippen molar-refractivity contribution in [3.63, 3.8) is 0 Å². The third-order valence-corrected chi connectivity index (χ3v) is 5.15. The summed E-state index contributed by atoms with van der Waals surface area (Å²) < 4.78 is 10.6. The number of hydrogen-bond acceptors (Lipinski definition) is 5. The van der Waals surface area contributed by atoms with E-state index in [4.69, 9.17) is 26.2 Å². The number of halogens is 1. The zero-order valence-electron chi connectivity index (χ0n) is 17.3. The molecule has 3 aromatic rings. The molecular formula is C23H23ClN2O5. The number of carbonyl (C=O) groups excluding carboxylic acids is 1. The highest BCUT2D eigenvalue weighted by Gasteiger charge is 2.18. The number of carboxylic acid groups (broad SMARTS) is 1. The molecule has 0 fully saturated rings. The predicted molar refractivity (Wildman–Crippen MR) is 116 cm³/mol. The summed E-state index contributed by atoms with van der Waals surface area (Å²) in [6, 6.07) is 12.2. The molecule has 1 heterocycles. The van der Waals surface area contributed by atoms with Gasteiger partial charge < -0.3 is 19.6 Å². The smallest absolute Gasteiger partial charge is 0.356 e. The zero-order valence-corrected chi connectivity index (χ0v) is 18.0. The molecule has 0 aliphatic carbocycles. The van der Waals surface area contributed by atoms with Gasteiger partial charge in [0, 0.05) is 18.4 Å². The van der Waals surface area contributed by atoms with E-state index in [9.17, 15) is 9.59 Å². The van der Waals surface area contributed by atoms with Crippen molar-refractivity contribution in [3.8, 4) is 5.75 Å². The number of benzene rings is 2. The molecule has 0 spiro atoms. The van der Waals surface area contributed by atoms with Crippen molar-refractivity contribution < 1.29 is 24.2 Å². The molecule has 0 radical (unpaired) electrons. The number of carboxylic acids is 1. The van der Waals surface area contributed by atoms with Gasteiger partial charge in [-0.05, 0) is 30.2 Å². The van der Waals surface area contributed by atoms with E-state index < -0.39 is 11.9 Å². The monoisotopic (exact) mass is 442 g/mol. The number of imidazole rings is 1. The number of hydrogen-bond donors (Lipinski definition) is 2. The van der Waals surface area contributed by atoms with Crippen LogP contribution in [-0.2, 0) is 24.2 Å². The van der Waals surface area contributed by atoms with Crippen LogP contribution in [0.2, 0.25) is 5.02 Å². The SMILES string of the molecule is CCCc1nc(Cc2ccc(OCc3cccc(C(=O)O)c3Cl)cc2)c(C(=O)OC)[nH]1. The Hall–Kier alpha value is -3.32. The van der Waals surface area contributed by atoms with Crippen molar-refractivity contribution in [1.29, 1.82) is 0 Å². The maximum absolute atomic E-state index is 12.0. The number of ether oxygens (including phenoxy) is 2. The quantitative estimate of drug-likeness (QED) is 0.467. The number of esters is 1. The third kappa shape index (κ3) is 5.44. The van der Waals surface area contributed by atoms with Crippen LogP contribution in [0.15, 0.2) is 42.5 Å². The topological polar surface area (TPSA) is 102 Å². The molecule has 3 rings (SSSR count). The Balaban J connectivity index is 1.69. The highest BCUT2D eigenvalue weighted by atomic mass is 35.5. The van der Waals surface area contributed by atoms with Gasteiger partial charge in [0.2, 0.25) is 0 Å². The fourth-order valence-corrected chi connectivity index (χ4v) is 3.39. The maximum Gasteiger partial charge on any atom is 0.356 e. The maximum atomic E-state index is 12.0. The largest absolute Gasteiger partial charge is 0.489 e. The summed E-state index contributed by atoms with van der Waals surface area (Å²) in [6.45, 7) is 2.19. The lowest BCUT2D eigenvalue weighted by Crippen LogP contribution is -2.06. The Labute approximate surface area is 185 Å². The summed E-state index contributed by atoms with van der Waals surface area (Å²) >= 11 is 6.15. The molecule has 162 valence electrons. The third-order valence-electron chi connectivity index (χ3n) is 4.70.